The number of hydrogen-bond acceptors (Lipinski definition) is 4. The molecular formula is C11H11BrN4O3. The summed E-state index contributed by atoms with van der Waals surface area (Å²) in [4.78, 5) is 24.7. The summed E-state index contributed by atoms with van der Waals surface area (Å²) in [5.41, 5.74) is -0.409. The van der Waals surface area contributed by atoms with Gasteiger partial charge in [-0.1, -0.05) is 12.1 Å². The first-order valence-electron chi connectivity index (χ1n) is 5.43. The summed E-state index contributed by atoms with van der Waals surface area (Å²) in [5, 5.41) is 8.44. The zero-order valence-electron chi connectivity index (χ0n) is 9.77. The third-order valence-electron chi connectivity index (χ3n) is 2.20. The van der Waals surface area contributed by atoms with Crippen LogP contribution in [0.3, 0.4) is 0 Å². The molecule has 0 unspecified atom stereocenters. The lowest BCUT2D eigenvalue weighted by molar-refractivity contribution is -0.123. The van der Waals surface area contributed by atoms with Crippen molar-refractivity contribution in [3.05, 3.63) is 45.0 Å². The maximum absolute atomic E-state index is 11.5. The first-order chi connectivity index (χ1) is 9.15. The second-order valence-corrected chi connectivity index (χ2v) is 4.47. The summed E-state index contributed by atoms with van der Waals surface area (Å²) >= 11 is 3.31. The molecule has 1 aromatic heterocycles. The largest absolute Gasteiger partial charge is 0.483 e. The van der Waals surface area contributed by atoms with Crippen LogP contribution in [0.4, 0.5) is 0 Å². The average molecular weight is 327 g/mol. The van der Waals surface area contributed by atoms with E-state index in [0.29, 0.717) is 11.6 Å². The van der Waals surface area contributed by atoms with Gasteiger partial charge in [-0.2, -0.15) is 5.10 Å². The summed E-state index contributed by atoms with van der Waals surface area (Å²) in [6.45, 7) is 0.0220. The van der Waals surface area contributed by atoms with Crippen LogP contribution in [0.25, 0.3) is 0 Å². The van der Waals surface area contributed by atoms with Crippen molar-refractivity contribution >= 4 is 21.8 Å². The summed E-state index contributed by atoms with van der Waals surface area (Å²) in [6, 6.07) is 7.24. The number of benzene rings is 1. The smallest absolute Gasteiger partial charge is 0.340 e. The zero-order chi connectivity index (χ0) is 13.7. The number of aromatic amines is 2. The third kappa shape index (κ3) is 3.95. The molecule has 1 heterocycles. The third-order valence-corrected chi connectivity index (χ3v) is 2.85. The molecule has 2 rings (SSSR count). The minimum Gasteiger partial charge on any atom is -0.483 e. The highest BCUT2D eigenvalue weighted by molar-refractivity contribution is 9.10. The lowest BCUT2D eigenvalue weighted by Gasteiger charge is -2.07. The van der Waals surface area contributed by atoms with Crippen LogP contribution in [0, 0.1) is 0 Å². The van der Waals surface area contributed by atoms with Crippen LogP contribution < -0.4 is 15.7 Å². The molecule has 0 aliphatic rings. The highest BCUT2D eigenvalue weighted by Crippen LogP contribution is 2.23. The second kappa shape index (κ2) is 6.19. The lowest BCUT2D eigenvalue weighted by atomic mass is 10.3. The molecule has 0 bridgehead atoms. The molecule has 3 N–H and O–H groups in total. The predicted molar refractivity (Wildman–Crippen MR) is 70.7 cm³/mol. The number of aromatic nitrogens is 3. The van der Waals surface area contributed by atoms with Gasteiger partial charge in [0.05, 0.1) is 11.0 Å². The number of nitrogens with zero attached hydrogens (tertiary/aromatic N) is 1. The Labute approximate surface area is 116 Å². The average Bonchev–Trinajstić information content (AvgIpc) is 2.81. The van der Waals surface area contributed by atoms with E-state index in [9.17, 15) is 9.59 Å². The quantitative estimate of drug-likeness (QED) is 0.747. The van der Waals surface area contributed by atoms with Crippen molar-refractivity contribution in [2.24, 2.45) is 0 Å². The van der Waals surface area contributed by atoms with Crippen molar-refractivity contribution in [2.75, 3.05) is 6.61 Å². The molecule has 0 radical (unpaired) electrons. The molecule has 8 heteroatoms. The molecule has 0 saturated heterocycles. The van der Waals surface area contributed by atoms with Gasteiger partial charge in [0.15, 0.2) is 6.61 Å². The summed E-state index contributed by atoms with van der Waals surface area (Å²) in [5.74, 6) is 0.643. The SMILES string of the molecule is O=C(COc1ccccc1Br)NCc1n[nH]c(=O)[nH]1. The molecule has 19 heavy (non-hydrogen) atoms. The van der Waals surface area contributed by atoms with Crippen LogP contribution in [0.5, 0.6) is 5.75 Å². The van der Waals surface area contributed by atoms with Gasteiger partial charge in [-0.3, -0.25) is 9.78 Å². The molecule has 100 valence electrons. The van der Waals surface area contributed by atoms with Crippen molar-refractivity contribution in [3.63, 3.8) is 0 Å². The molecule has 0 fully saturated rings. The Morgan fingerprint density at radius 2 is 2.21 bits per heavy atom. The second-order valence-electron chi connectivity index (χ2n) is 3.62. The molecule has 0 saturated carbocycles. The highest BCUT2D eigenvalue weighted by atomic mass is 79.9. The Bertz CT molecular complexity index is 622. The molecule has 0 aliphatic carbocycles. The van der Waals surface area contributed by atoms with E-state index in [-0.39, 0.29) is 19.1 Å². The van der Waals surface area contributed by atoms with Crippen LogP contribution in [0.2, 0.25) is 0 Å². The molecule has 2 aromatic rings. The van der Waals surface area contributed by atoms with E-state index in [0.717, 1.165) is 4.47 Å². The van der Waals surface area contributed by atoms with Gasteiger partial charge in [-0.05, 0) is 28.1 Å². The molecule has 1 aromatic carbocycles. The molecule has 0 aliphatic heterocycles. The summed E-state index contributed by atoms with van der Waals surface area (Å²) in [6.07, 6.45) is 0. The standard InChI is InChI=1S/C11H11BrN4O3/c12-7-3-1-2-4-8(7)19-6-10(17)13-5-9-14-11(18)16-15-9/h1-4H,5-6H2,(H,13,17)(H2,14,15,16,18). The number of halogens is 1. The van der Waals surface area contributed by atoms with E-state index in [2.05, 4.69) is 36.4 Å². The Balaban J connectivity index is 1.79. The van der Waals surface area contributed by atoms with E-state index in [1.54, 1.807) is 6.07 Å². The highest BCUT2D eigenvalue weighted by Gasteiger charge is 2.06. The van der Waals surface area contributed by atoms with E-state index in [1.165, 1.54) is 0 Å². The van der Waals surface area contributed by atoms with Crippen molar-refractivity contribution < 1.29 is 9.53 Å². The maximum atomic E-state index is 11.5. The van der Waals surface area contributed by atoms with E-state index < -0.39 is 5.69 Å². The monoisotopic (exact) mass is 326 g/mol. The van der Waals surface area contributed by atoms with Crippen molar-refractivity contribution in [3.8, 4) is 5.75 Å². The fraction of sp³-hybridized carbons (Fsp3) is 0.182. The fourth-order valence-electron chi connectivity index (χ4n) is 1.33. The number of para-hydroxylation sites is 1. The first kappa shape index (κ1) is 13.3. The van der Waals surface area contributed by atoms with Gasteiger partial charge in [0.2, 0.25) is 0 Å². The predicted octanol–water partition coefficient (Wildman–Crippen LogP) is 0.556. The minimum atomic E-state index is -0.409. The van der Waals surface area contributed by atoms with Crippen LogP contribution in [-0.4, -0.2) is 27.7 Å². The van der Waals surface area contributed by atoms with Crippen LogP contribution in [0.15, 0.2) is 33.5 Å². The van der Waals surface area contributed by atoms with Gasteiger partial charge in [-0.15, -0.1) is 0 Å². The number of hydrogen-bond donors (Lipinski definition) is 3. The van der Waals surface area contributed by atoms with E-state index in [1.807, 2.05) is 18.2 Å². The number of carbonyl (C=O) groups is 1. The van der Waals surface area contributed by atoms with Crippen LogP contribution >= 0.6 is 15.9 Å². The van der Waals surface area contributed by atoms with Crippen molar-refractivity contribution in [1.82, 2.24) is 20.5 Å². The summed E-state index contributed by atoms with van der Waals surface area (Å²) < 4.78 is 6.11. The molecule has 0 atom stereocenters. The fourth-order valence-corrected chi connectivity index (χ4v) is 1.73. The molecule has 1 amide bonds. The Morgan fingerprint density at radius 1 is 1.42 bits per heavy atom. The van der Waals surface area contributed by atoms with Gasteiger partial charge in [0, 0.05) is 0 Å². The number of carbonyl (C=O) groups excluding carboxylic acids is 1. The molecule has 7 nitrogen and oxygen atoms in total. The number of H-pyrrole nitrogens is 2. The molecular weight excluding hydrogens is 316 g/mol. The number of ether oxygens (including phenoxy) is 1. The summed E-state index contributed by atoms with van der Waals surface area (Å²) in [7, 11) is 0. The minimum absolute atomic E-state index is 0.114. The van der Waals surface area contributed by atoms with Gasteiger partial charge < -0.3 is 10.1 Å². The Hall–Kier alpha value is -2.09. The van der Waals surface area contributed by atoms with Gasteiger partial charge in [0.1, 0.15) is 11.6 Å². The van der Waals surface area contributed by atoms with Crippen LogP contribution in [-0.2, 0) is 11.3 Å². The first-order valence-corrected chi connectivity index (χ1v) is 6.22. The van der Waals surface area contributed by atoms with E-state index in [4.69, 9.17) is 4.74 Å². The lowest BCUT2D eigenvalue weighted by Crippen LogP contribution is -2.29. The van der Waals surface area contributed by atoms with Crippen LogP contribution in [0.1, 0.15) is 5.82 Å². The number of rotatable bonds is 5. The van der Waals surface area contributed by atoms with Gasteiger partial charge in [0.25, 0.3) is 5.91 Å². The Morgan fingerprint density at radius 3 is 2.89 bits per heavy atom. The van der Waals surface area contributed by atoms with Crippen molar-refractivity contribution in [2.45, 2.75) is 6.54 Å². The topological polar surface area (TPSA) is 99.9 Å². The Kier molecular flexibility index (Phi) is 4.35. The van der Waals surface area contributed by atoms with Gasteiger partial charge in [-0.25, -0.2) is 9.89 Å². The normalized spacial score (nSPS) is 10.2. The van der Waals surface area contributed by atoms with Gasteiger partial charge >= 0.3 is 5.69 Å². The maximum Gasteiger partial charge on any atom is 0.340 e. The number of nitrogens with one attached hydrogen (secondary N) is 3. The zero-order valence-corrected chi connectivity index (χ0v) is 11.4. The number of amides is 1. The van der Waals surface area contributed by atoms with Crippen molar-refractivity contribution in [1.29, 1.82) is 0 Å². The van der Waals surface area contributed by atoms with E-state index >= 15 is 0 Å². The molecule has 0 spiro atoms.